The van der Waals surface area contributed by atoms with E-state index < -0.39 is 0 Å². The van der Waals surface area contributed by atoms with Gasteiger partial charge in [0.1, 0.15) is 5.75 Å². The van der Waals surface area contributed by atoms with Crippen LogP contribution in [0.5, 0.6) is 5.75 Å². The minimum atomic E-state index is -0.127. The zero-order valence-electron chi connectivity index (χ0n) is 11.7. The maximum absolute atomic E-state index is 12.2. The molecule has 2 aromatic rings. The van der Waals surface area contributed by atoms with Gasteiger partial charge in [-0.15, -0.1) is 0 Å². The van der Waals surface area contributed by atoms with E-state index in [0.29, 0.717) is 5.56 Å². The minimum Gasteiger partial charge on any atom is -0.496 e. The monoisotopic (exact) mass is 333 g/mol. The lowest BCUT2D eigenvalue weighted by molar-refractivity contribution is 0.102. The van der Waals surface area contributed by atoms with Gasteiger partial charge in [0.25, 0.3) is 5.91 Å². The van der Waals surface area contributed by atoms with Crippen LogP contribution in [0.3, 0.4) is 0 Å². The van der Waals surface area contributed by atoms with Gasteiger partial charge >= 0.3 is 0 Å². The topological polar surface area (TPSA) is 38.3 Å². The molecule has 1 amide bonds. The van der Waals surface area contributed by atoms with E-state index in [-0.39, 0.29) is 5.91 Å². The summed E-state index contributed by atoms with van der Waals surface area (Å²) >= 11 is 3.44. The van der Waals surface area contributed by atoms with Crippen molar-refractivity contribution in [3.63, 3.8) is 0 Å². The highest BCUT2D eigenvalue weighted by Crippen LogP contribution is 2.22. The van der Waals surface area contributed by atoms with Crippen molar-refractivity contribution in [1.29, 1.82) is 0 Å². The Morgan fingerprint density at radius 1 is 1.10 bits per heavy atom. The molecule has 0 heterocycles. The number of hydrogen-bond acceptors (Lipinski definition) is 2. The summed E-state index contributed by atoms with van der Waals surface area (Å²) in [6.07, 6.45) is 0. The summed E-state index contributed by atoms with van der Waals surface area (Å²) in [7, 11) is 1.62. The number of anilines is 1. The van der Waals surface area contributed by atoms with Crippen LogP contribution < -0.4 is 10.1 Å². The number of halogens is 1. The number of benzene rings is 2. The van der Waals surface area contributed by atoms with Crippen LogP contribution in [-0.4, -0.2) is 13.0 Å². The first-order chi connectivity index (χ1) is 9.51. The van der Waals surface area contributed by atoms with Crippen LogP contribution in [0.2, 0.25) is 0 Å². The average molecular weight is 334 g/mol. The second-order valence-corrected chi connectivity index (χ2v) is 5.46. The van der Waals surface area contributed by atoms with Crippen LogP contribution in [0.4, 0.5) is 5.69 Å². The van der Waals surface area contributed by atoms with E-state index >= 15 is 0 Å². The van der Waals surface area contributed by atoms with Gasteiger partial charge in [-0.3, -0.25) is 4.79 Å². The quantitative estimate of drug-likeness (QED) is 0.907. The SMILES string of the molecule is COc1ccc(C(=O)Nc2ccc(Br)c(C)c2)cc1C. The Morgan fingerprint density at radius 3 is 2.45 bits per heavy atom. The molecule has 0 aromatic heterocycles. The number of methoxy groups -OCH3 is 1. The van der Waals surface area contributed by atoms with Crippen molar-refractivity contribution in [2.45, 2.75) is 13.8 Å². The molecule has 0 saturated heterocycles. The number of carbonyl (C=O) groups excluding carboxylic acids is 1. The van der Waals surface area contributed by atoms with Crippen LogP contribution >= 0.6 is 15.9 Å². The molecule has 0 aliphatic rings. The Kier molecular flexibility index (Phi) is 4.45. The van der Waals surface area contributed by atoms with E-state index in [1.54, 1.807) is 19.2 Å². The Bertz CT molecular complexity index is 653. The van der Waals surface area contributed by atoms with Crippen LogP contribution in [0.15, 0.2) is 40.9 Å². The first kappa shape index (κ1) is 14.6. The zero-order chi connectivity index (χ0) is 14.7. The molecule has 0 unspecified atom stereocenters. The second kappa shape index (κ2) is 6.09. The number of hydrogen-bond donors (Lipinski definition) is 1. The zero-order valence-corrected chi connectivity index (χ0v) is 13.2. The highest BCUT2D eigenvalue weighted by atomic mass is 79.9. The summed E-state index contributed by atoms with van der Waals surface area (Å²) in [5.74, 6) is 0.651. The minimum absolute atomic E-state index is 0.127. The summed E-state index contributed by atoms with van der Waals surface area (Å²) in [6.45, 7) is 3.90. The van der Waals surface area contributed by atoms with Gasteiger partial charge in [-0.05, 0) is 61.4 Å². The predicted molar refractivity (Wildman–Crippen MR) is 84.6 cm³/mol. The van der Waals surface area contributed by atoms with Crippen molar-refractivity contribution in [3.8, 4) is 5.75 Å². The molecule has 0 saturated carbocycles. The van der Waals surface area contributed by atoms with E-state index in [0.717, 1.165) is 27.0 Å². The lowest BCUT2D eigenvalue weighted by Crippen LogP contribution is -2.12. The molecule has 2 rings (SSSR count). The normalized spacial score (nSPS) is 10.2. The fourth-order valence-electron chi connectivity index (χ4n) is 1.95. The van der Waals surface area contributed by atoms with Crippen LogP contribution in [-0.2, 0) is 0 Å². The van der Waals surface area contributed by atoms with Gasteiger partial charge in [-0.25, -0.2) is 0 Å². The molecule has 0 radical (unpaired) electrons. The maximum Gasteiger partial charge on any atom is 0.255 e. The molecule has 3 nitrogen and oxygen atoms in total. The molecular formula is C16H16BrNO2. The second-order valence-electron chi connectivity index (χ2n) is 4.60. The molecular weight excluding hydrogens is 318 g/mol. The van der Waals surface area contributed by atoms with Crippen molar-refractivity contribution in [2.24, 2.45) is 0 Å². The summed E-state index contributed by atoms with van der Waals surface area (Å²) in [5.41, 5.74) is 3.41. The molecule has 0 aliphatic carbocycles. The summed E-state index contributed by atoms with van der Waals surface area (Å²) in [5, 5.41) is 2.89. The van der Waals surface area contributed by atoms with Crippen LogP contribution in [0, 0.1) is 13.8 Å². The number of amides is 1. The number of rotatable bonds is 3. The first-order valence-corrected chi connectivity index (χ1v) is 7.02. The van der Waals surface area contributed by atoms with Crippen molar-refractivity contribution in [1.82, 2.24) is 0 Å². The molecule has 0 atom stereocenters. The summed E-state index contributed by atoms with van der Waals surface area (Å²) < 4.78 is 6.21. The van der Waals surface area contributed by atoms with Gasteiger partial charge in [0.2, 0.25) is 0 Å². The Balaban J connectivity index is 2.19. The van der Waals surface area contributed by atoms with Crippen LogP contribution in [0.25, 0.3) is 0 Å². The number of aryl methyl sites for hydroxylation is 2. The van der Waals surface area contributed by atoms with Crippen molar-refractivity contribution in [3.05, 3.63) is 57.6 Å². The highest BCUT2D eigenvalue weighted by Gasteiger charge is 2.09. The Morgan fingerprint density at radius 2 is 1.85 bits per heavy atom. The molecule has 104 valence electrons. The molecule has 0 aliphatic heterocycles. The molecule has 0 fully saturated rings. The molecule has 20 heavy (non-hydrogen) atoms. The summed E-state index contributed by atoms with van der Waals surface area (Å²) in [4.78, 5) is 12.2. The molecule has 1 N–H and O–H groups in total. The van der Waals surface area contributed by atoms with Gasteiger partial charge in [-0.2, -0.15) is 0 Å². The van der Waals surface area contributed by atoms with Crippen molar-refractivity contribution < 1.29 is 9.53 Å². The molecule has 4 heteroatoms. The first-order valence-electron chi connectivity index (χ1n) is 6.23. The fraction of sp³-hybridized carbons (Fsp3) is 0.188. The number of nitrogens with one attached hydrogen (secondary N) is 1. The van der Waals surface area contributed by atoms with Crippen molar-refractivity contribution in [2.75, 3.05) is 12.4 Å². The number of carbonyl (C=O) groups is 1. The van der Waals surface area contributed by atoms with Gasteiger partial charge in [0.05, 0.1) is 7.11 Å². The smallest absolute Gasteiger partial charge is 0.255 e. The average Bonchev–Trinajstić information content (AvgIpc) is 2.42. The van der Waals surface area contributed by atoms with E-state index in [2.05, 4.69) is 21.2 Å². The highest BCUT2D eigenvalue weighted by molar-refractivity contribution is 9.10. The van der Waals surface area contributed by atoms with Gasteiger partial charge in [0, 0.05) is 15.7 Å². The van der Waals surface area contributed by atoms with Gasteiger partial charge < -0.3 is 10.1 Å². The van der Waals surface area contributed by atoms with Gasteiger partial charge in [-0.1, -0.05) is 15.9 Å². The lowest BCUT2D eigenvalue weighted by atomic mass is 10.1. The Labute approximate surface area is 127 Å². The number of ether oxygens (including phenoxy) is 1. The van der Waals surface area contributed by atoms with Gasteiger partial charge in [0.15, 0.2) is 0 Å². The van der Waals surface area contributed by atoms with Crippen LogP contribution in [0.1, 0.15) is 21.5 Å². The largest absolute Gasteiger partial charge is 0.496 e. The van der Waals surface area contributed by atoms with Crippen molar-refractivity contribution >= 4 is 27.5 Å². The van der Waals surface area contributed by atoms with E-state index in [4.69, 9.17) is 4.74 Å². The third-order valence-corrected chi connectivity index (χ3v) is 3.96. The Hall–Kier alpha value is -1.81. The van der Waals surface area contributed by atoms with E-state index in [9.17, 15) is 4.79 Å². The summed E-state index contributed by atoms with van der Waals surface area (Å²) in [6, 6.07) is 11.1. The van der Waals surface area contributed by atoms with E-state index in [1.165, 1.54) is 0 Å². The standard InChI is InChI=1S/C16H16BrNO2/c1-10-9-13(5-6-14(10)17)18-16(19)12-4-7-15(20-3)11(2)8-12/h4-9H,1-3H3,(H,18,19). The van der Waals surface area contributed by atoms with E-state index in [1.807, 2.05) is 38.1 Å². The third-order valence-electron chi connectivity index (χ3n) is 3.07. The fourth-order valence-corrected chi connectivity index (χ4v) is 2.19. The third kappa shape index (κ3) is 3.20. The molecule has 2 aromatic carbocycles. The predicted octanol–water partition coefficient (Wildman–Crippen LogP) is 4.33. The molecule has 0 bridgehead atoms. The maximum atomic E-state index is 12.2. The molecule has 0 spiro atoms. The lowest BCUT2D eigenvalue weighted by Gasteiger charge is -2.09.